The van der Waals surface area contributed by atoms with Crippen LogP contribution in [0.1, 0.15) is 43.5 Å². The molecule has 126 valence electrons. The average Bonchev–Trinajstić information content (AvgIpc) is 3.28. The van der Waals surface area contributed by atoms with Crippen molar-refractivity contribution in [1.29, 1.82) is 0 Å². The summed E-state index contributed by atoms with van der Waals surface area (Å²) in [5.41, 5.74) is 1.29. The van der Waals surface area contributed by atoms with Crippen LogP contribution in [0.25, 0.3) is 0 Å². The fourth-order valence-electron chi connectivity index (χ4n) is 2.59. The SMILES string of the molecule is CCCCN(CCO)C(=O)c1ccc(NC(=O)C2CC2C)cc1. The summed E-state index contributed by atoms with van der Waals surface area (Å²) in [4.78, 5) is 26.0. The van der Waals surface area contributed by atoms with E-state index in [0.29, 0.717) is 30.3 Å². The molecule has 1 aromatic rings. The minimum atomic E-state index is -0.0822. The van der Waals surface area contributed by atoms with Crippen LogP contribution in [0.5, 0.6) is 0 Å². The van der Waals surface area contributed by atoms with Gasteiger partial charge in [-0.1, -0.05) is 20.3 Å². The van der Waals surface area contributed by atoms with Crippen molar-refractivity contribution in [3.05, 3.63) is 29.8 Å². The molecule has 2 unspecified atom stereocenters. The number of carbonyl (C=O) groups is 2. The number of nitrogens with one attached hydrogen (secondary N) is 1. The monoisotopic (exact) mass is 318 g/mol. The molecule has 2 amide bonds. The first-order chi connectivity index (χ1) is 11.1. The quantitative estimate of drug-likeness (QED) is 0.774. The Labute approximate surface area is 137 Å². The summed E-state index contributed by atoms with van der Waals surface area (Å²) in [5.74, 6) is 0.578. The van der Waals surface area contributed by atoms with E-state index in [-0.39, 0.29) is 24.3 Å². The summed E-state index contributed by atoms with van der Waals surface area (Å²) in [7, 11) is 0. The summed E-state index contributed by atoms with van der Waals surface area (Å²) in [6.45, 7) is 5.09. The van der Waals surface area contributed by atoms with Crippen molar-refractivity contribution in [3.63, 3.8) is 0 Å². The van der Waals surface area contributed by atoms with Crippen molar-refractivity contribution < 1.29 is 14.7 Å². The first kappa shape index (κ1) is 17.5. The zero-order valence-corrected chi connectivity index (χ0v) is 13.9. The molecule has 0 saturated heterocycles. The Hall–Kier alpha value is -1.88. The third kappa shape index (κ3) is 4.79. The fourth-order valence-corrected chi connectivity index (χ4v) is 2.59. The van der Waals surface area contributed by atoms with Crippen LogP contribution in [0.4, 0.5) is 5.69 Å². The molecular formula is C18H26N2O3. The van der Waals surface area contributed by atoms with Gasteiger partial charge in [-0.05, 0) is 43.0 Å². The van der Waals surface area contributed by atoms with Gasteiger partial charge in [0.2, 0.25) is 5.91 Å². The maximum atomic E-state index is 12.5. The number of nitrogens with zero attached hydrogens (tertiary/aromatic N) is 1. The van der Waals surface area contributed by atoms with E-state index in [1.807, 2.05) is 0 Å². The molecule has 0 bridgehead atoms. The minimum Gasteiger partial charge on any atom is -0.395 e. The van der Waals surface area contributed by atoms with Crippen LogP contribution < -0.4 is 5.32 Å². The Kier molecular flexibility index (Phi) is 6.16. The van der Waals surface area contributed by atoms with E-state index in [4.69, 9.17) is 5.11 Å². The molecular weight excluding hydrogens is 292 g/mol. The molecule has 0 aromatic heterocycles. The lowest BCUT2D eigenvalue weighted by molar-refractivity contribution is -0.117. The lowest BCUT2D eigenvalue weighted by Crippen LogP contribution is -2.34. The number of hydrogen-bond donors (Lipinski definition) is 2. The van der Waals surface area contributed by atoms with Gasteiger partial charge < -0.3 is 15.3 Å². The maximum absolute atomic E-state index is 12.5. The van der Waals surface area contributed by atoms with Crippen molar-refractivity contribution in [1.82, 2.24) is 4.90 Å². The summed E-state index contributed by atoms with van der Waals surface area (Å²) in [6.07, 6.45) is 2.87. The number of benzene rings is 1. The smallest absolute Gasteiger partial charge is 0.253 e. The summed E-state index contributed by atoms with van der Waals surface area (Å²) >= 11 is 0. The topological polar surface area (TPSA) is 69.6 Å². The number of anilines is 1. The predicted molar refractivity (Wildman–Crippen MR) is 90.2 cm³/mol. The van der Waals surface area contributed by atoms with Gasteiger partial charge in [-0.15, -0.1) is 0 Å². The number of unbranched alkanes of at least 4 members (excludes halogenated alkanes) is 1. The highest BCUT2D eigenvalue weighted by Crippen LogP contribution is 2.38. The standard InChI is InChI=1S/C18H26N2O3/c1-3-4-9-20(10-11-21)18(23)14-5-7-15(8-6-14)19-17(22)16-12-13(16)2/h5-8,13,16,21H,3-4,9-12H2,1-2H3,(H,19,22). The normalized spacial score (nSPS) is 19.3. The van der Waals surface area contributed by atoms with Gasteiger partial charge in [0.05, 0.1) is 6.61 Å². The maximum Gasteiger partial charge on any atom is 0.253 e. The van der Waals surface area contributed by atoms with Crippen LogP contribution in [-0.2, 0) is 4.79 Å². The molecule has 0 aliphatic heterocycles. The zero-order valence-electron chi connectivity index (χ0n) is 13.9. The number of aliphatic hydroxyl groups is 1. The second-order valence-electron chi connectivity index (χ2n) is 6.26. The number of hydrogen-bond acceptors (Lipinski definition) is 3. The highest BCUT2D eigenvalue weighted by molar-refractivity contribution is 5.97. The molecule has 23 heavy (non-hydrogen) atoms. The van der Waals surface area contributed by atoms with E-state index in [9.17, 15) is 9.59 Å². The molecule has 1 fully saturated rings. The first-order valence-corrected chi connectivity index (χ1v) is 8.37. The fraction of sp³-hybridized carbons (Fsp3) is 0.556. The molecule has 1 saturated carbocycles. The van der Waals surface area contributed by atoms with E-state index in [2.05, 4.69) is 19.2 Å². The highest BCUT2D eigenvalue weighted by Gasteiger charge is 2.39. The summed E-state index contributed by atoms with van der Waals surface area (Å²) in [6, 6.07) is 6.97. The van der Waals surface area contributed by atoms with Crippen LogP contribution >= 0.6 is 0 Å². The Balaban J connectivity index is 1.96. The van der Waals surface area contributed by atoms with E-state index in [0.717, 1.165) is 19.3 Å². The molecule has 0 spiro atoms. The average molecular weight is 318 g/mol. The van der Waals surface area contributed by atoms with Gasteiger partial charge in [0.15, 0.2) is 0 Å². The third-order valence-electron chi connectivity index (χ3n) is 4.28. The molecule has 2 rings (SSSR count). The van der Waals surface area contributed by atoms with Gasteiger partial charge in [0.1, 0.15) is 0 Å². The number of carbonyl (C=O) groups excluding carboxylic acids is 2. The van der Waals surface area contributed by atoms with Crippen LogP contribution in [0.15, 0.2) is 24.3 Å². The Bertz CT molecular complexity index is 542. The molecule has 0 radical (unpaired) electrons. The van der Waals surface area contributed by atoms with Crippen LogP contribution in [0, 0.1) is 11.8 Å². The van der Waals surface area contributed by atoms with E-state index >= 15 is 0 Å². The van der Waals surface area contributed by atoms with Gasteiger partial charge in [-0.25, -0.2) is 0 Å². The van der Waals surface area contributed by atoms with Crippen molar-refractivity contribution >= 4 is 17.5 Å². The lowest BCUT2D eigenvalue weighted by atomic mass is 10.1. The molecule has 2 N–H and O–H groups in total. The van der Waals surface area contributed by atoms with Crippen molar-refractivity contribution in [2.24, 2.45) is 11.8 Å². The van der Waals surface area contributed by atoms with Gasteiger partial charge >= 0.3 is 0 Å². The van der Waals surface area contributed by atoms with Crippen LogP contribution in [0.3, 0.4) is 0 Å². The molecule has 1 aromatic carbocycles. The molecule has 5 nitrogen and oxygen atoms in total. The van der Waals surface area contributed by atoms with Gasteiger partial charge in [-0.2, -0.15) is 0 Å². The first-order valence-electron chi connectivity index (χ1n) is 8.37. The third-order valence-corrected chi connectivity index (χ3v) is 4.28. The summed E-state index contributed by atoms with van der Waals surface area (Å²) < 4.78 is 0. The lowest BCUT2D eigenvalue weighted by Gasteiger charge is -2.21. The van der Waals surface area contributed by atoms with Gasteiger partial charge in [0.25, 0.3) is 5.91 Å². The molecule has 0 heterocycles. The zero-order chi connectivity index (χ0) is 16.8. The second kappa shape index (κ2) is 8.11. The Morgan fingerprint density at radius 1 is 1.26 bits per heavy atom. The van der Waals surface area contributed by atoms with Crippen LogP contribution in [-0.4, -0.2) is 41.5 Å². The van der Waals surface area contributed by atoms with Crippen LogP contribution in [0.2, 0.25) is 0 Å². The number of amides is 2. The Morgan fingerprint density at radius 2 is 1.91 bits per heavy atom. The van der Waals surface area contributed by atoms with E-state index in [1.54, 1.807) is 29.2 Å². The number of rotatable bonds is 8. The van der Waals surface area contributed by atoms with Crippen molar-refractivity contribution in [2.75, 3.05) is 25.0 Å². The molecule has 1 aliphatic rings. The number of aliphatic hydroxyl groups excluding tert-OH is 1. The molecule has 2 atom stereocenters. The van der Waals surface area contributed by atoms with Gasteiger partial charge in [-0.3, -0.25) is 9.59 Å². The summed E-state index contributed by atoms with van der Waals surface area (Å²) in [5, 5.41) is 12.0. The van der Waals surface area contributed by atoms with E-state index in [1.165, 1.54) is 0 Å². The van der Waals surface area contributed by atoms with Gasteiger partial charge in [0, 0.05) is 30.3 Å². The Morgan fingerprint density at radius 3 is 2.43 bits per heavy atom. The molecule has 1 aliphatic carbocycles. The predicted octanol–water partition coefficient (Wildman–Crippen LogP) is 2.52. The highest BCUT2D eigenvalue weighted by atomic mass is 16.3. The molecule has 5 heteroatoms. The second-order valence-corrected chi connectivity index (χ2v) is 6.26. The largest absolute Gasteiger partial charge is 0.395 e. The van der Waals surface area contributed by atoms with Crippen molar-refractivity contribution in [3.8, 4) is 0 Å². The van der Waals surface area contributed by atoms with E-state index < -0.39 is 0 Å². The van der Waals surface area contributed by atoms with Crippen molar-refractivity contribution in [2.45, 2.75) is 33.1 Å². The minimum absolute atomic E-state index is 0.0385.